The van der Waals surface area contributed by atoms with Crippen molar-refractivity contribution < 1.29 is 58.3 Å². The molecule has 228 valence electrons. The van der Waals surface area contributed by atoms with Gasteiger partial charge in [-0.2, -0.15) is 0 Å². The number of rotatable bonds is 18. The maximum absolute atomic E-state index is 10.9. The van der Waals surface area contributed by atoms with E-state index in [0.29, 0.717) is 0 Å². The minimum absolute atomic E-state index is 0. The summed E-state index contributed by atoms with van der Waals surface area (Å²) in [5.74, 6) is -5.06. The topological polar surface area (TPSA) is 199 Å². The molecule has 12 nitrogen and oxygen atoms in total. The molecule has 3 atom stereocenters. The number of aliphatic carboxylic acids is 3. The van der Waals surface area contributed by atoms with Gasteiger partial charge in [-0.15, -0.1) is 0 Å². The van der Waals surface area contributed by atoms with Gasteiger partial charge in [0.2, 0.25) is 0 Å². The number of carbonyl (C=O) groups excluding carboxylic acids is 6. The summed E-state index contributed by atoms with van der Waals surface area (Å²) in [6.45, 7) is 16.4. The van der Waals surface area contributed by atoms with Crippen LogP contribution in [0.2, 0.25) is 0 Å². The molecule has 0 rings (SSSR count). The average Bonchev–Trinajstić information content (AvgIpc) is 2.64. The summed E-state index contributed by atoms with van der Waals surface area (Å²) in [7, 11) is 0. The van der Waals surface area contributed by atoms with Gasteiger partial charge < -0.3 is 43.9 Å². The van der Waals surface area contributed by atoms with E-state index in [-0.39, 0.29) is 90.6 Å². The predicted molar refractivity (Wildman–Crippen MR) is 141 cm³/mol. The summed E-state index contributed by atoms with van der Waals surface area (Å²) in [6.07, 6.45) is -1.72. The fraction of sp³-hybridized carbons (Fsp3) is 0.778. The van der Waals surface area contributed by atoms with Crippen molar-refractivity contribution in [3.8, 4) is 0 Å². The van der Waals surface area contributed by atoms with Gasteiger partial charge in [-0.25, -0.2) is 0 Å². The summed E-state index contributed by atoms with van der Waals surface area (Å²) < 4.78 is 15.8. The summed E-state index contributed by atoms with van der Waals surface area (Å²) in [5, 5.41) is 30.1. The average molecular weight is 589 g/mol. The van der Waals surface area contributed by atoms with Crippen LogP contribution in [0.4, 0.5) is 0 Å². The Labute approximate surface area is 248 Å². The van der Waals surface area contributed by atoms with Gasteiger partial charge in [-0.05, 0) is 62.3 Å². The zero-order valence-corrected chi connectivity index (χ0v) is 26.3. The van der Waals surface area contributed by atoms with Crippen molar-refractivity contribution in [1.82, 2.24) is 0 Å². The van der Waals surface area contributed by atoms with E-state index in [1.165, 1.54) is 0 Å². The molecule has 0 heterocycles. The number of Topliss-reactive ketones (excluding diaryl/α,β-unsaturated/α-hetero) is 3. The van der Waals surface area contributed by atoms with Crippen molar-refractivity contribution in [2.75, 3.05) is 0 Å². The third-order valence-electron chi connectivity index (χ3n) is 4.08. The van der Waals surface area contributed by atoms with Gasteiger partial charge >= 0.3 is 17.4 Å². The SMILES string of the molecule is CC(C)OC(C)CC(=O)CC(=O)[O-].CC(C)OC(C)CC(=O)CC(=O)[O-].CC(C)OC(C)CC(=O)CC(=O)[O-].[Al+3]. The van der Waals surface area contributed by atoms with Crippen molar-refractivity contribution in [2.45, 2.75) is 137 Å². The Kier molecular flexibility index (Phi) is 28.9. The molecule has 40 heavy (non-hydrogen) atoms. The molecule has 0 saturated carbocycles. The zero-order valence-electron chi connectivity index (χ0n) is 25.2. The Bertz CT molecular complexity index is 665. The molecule has 3 unspecified atom stereocenters. The van der Waals surface area contributed by atoms with Gasteiger partial charge in [-0.1, -0.05) is 0 Å². The number of carbonyl (C=O) groups is 6. The van der Waals surface area contributed by atoms with Gasteiger partial charge in [0.1, 0.15) is 17.3 Å². The van der Waals surface area contributed by atoms with Gasteiger partial charge in [0.05, 0.1) is 36.6 Å². The molecule has 0 aliphatic heterocycles. The number of hydrogen-bond acceptors (Lipinski definition) is 12. The summed E-state index contributed by atoms with van der Waals surface area (Å²) in [6, 6.07) is 0. The third-order valence-corrected chi connectivity index (χ3v) is 4.08. The Morgan fingerprint density at radius 3 is 0.750 bits per heavy atom. The number of hydrogen-bond donors (Lipinski definition) is 0. The molecular weight excluding hydrogens is 543 g/mol. The molecule has 0 N–H and O–H groups in total. The normalized spacial score (nSPS) is 12.6. The molecule has 13 heteroatoms. The van der Waals surface area contributed by atoms with Crippen molar-refractivity contribution >= 4 is 52.6 Å². The van der Waals surface area contributed by atoms with Crippen LogP contribution < -0.4 is 15.3 Å². The molecule has 0 bridgehead atoms. The molecular formula is C27H45AlO12. The van der Waals surface area contributed by atoms with Crippen LogP contribution in [0.25, 0.3) is 0 Å². The zero-order chi connectivity index (χ0) is 31.3. The molecule has 0 amide bonds. The fourth-order valence-corrected chi connectivity index (χ4v) is 3.20. The molecule has 0 aromatic rings. The monoisotopic (exact) mass is 588 g/mol. The van der Waals surface area contributed by atoms with Crippen molar-refractivity contribution in [3.05, 3.63) is 0 Å². The molecule has 0 aromatic carbocycles. The smallest absolute Gasteiger partial charge is 0.550 e. The van der Waals surface area contributed by atoms with Crippen LogP contribution in [0.15, 0.2) is 0 Å². The standard InChI is InChI=1S/3C9H16O4.Al/c3*1-6(2)13-7(3)4-8(10)5-9(11)12;/h3*6-7H,4-5H2,1-3H3,(H,11,12);/q;;;+3/p-3. The van der Waals surface area contributed by atoms with E-state index < -0.39 is 37.2 Å². The molecule has 0 fully saturated rings. The van der Waals surface area contributed by atoms with E-state index in [4.69, 9.17) is 14.2 Å². The van der Waals surface area contributed by atoms with Crippen molar-refractivity contribution in [1.29, 1.82) is 0 Å². The maximum atomic E-state index is 10.9. The van der Waals surface area contributed by atoms with Gasteiger partial charge in [-0.3, -0.25) is 14.4 Å². The number of ketones is 3. The van der Waals surface area contributed by atoms with E-state index in [1.54, 1.807) is 20.8 Å². The van der Waals surface area contributed by atoms with Crippen LogP contribution >= 0.6 is 0 Å². The van der Waals surface area contributed by atoms with Crippen molar-refractivity contribution in [2.24, 2.45) is 0 Å². The molecule has 0 aromatic heterocycles. The maximum Gasteiger partial charge on any atom is 3.00 e. The predicted octanol–water partition coefficient (Wildman–Crippen LogP) is -0.683. The van der Waals surface area contributed by atoms with Crippen LogP contribution in [-0.4, -0.2) is 89.2 Å². The Balaban J connectivity index is -0.000000240. The molecule has 0 aliphatic rings. The van der Waals surface area contributed by atoms with Crippen LogP contribution in [0.3, 0.4) is 0 Å². The second-order valence-electron chi connectivity index (χ2n) is 9.86. The van der Waals surface area contributed by atoms with Crippen LogP contribution in [0.1, 0.15) is 101 Å². The number of carboxylic acids is 3. The fourth-order valence-electron chi connectivity index (χ4n) is 3.20. The quantitative estimate of drug-likeness (QED) is 0.144. The van der Waals surface area contributed by atoms with E-state index in [9.17, 15) is 44.1 Å². The Morgan fingerprint density at radius 1 is 0.450 bits per heavy atom. The molecule has 0 saturated heterocycles. The van der Waals surface area contributed by atoms with Crippen LogP contribution in [0.5, 0.6) is 0 Å². The van der Waals surface area contributed by atoms with E-state index in [0.717, 1.165) is 0 Å². The van der Waals surface area contributed by atoms with E-state index in [1.807, 2.05) is 41.5 Å². The molecule has 0 radical (unpaired) electrons. The first-order chi connectivity index (χ1) is 17.7. The third kappa shape index (κ3) is 38.0. The second-order valence-corrected chi connectivity index (χ2v) is 9.86. The molecule has 0 spiro atoms. The van der Waals surface area contributed by atoms with Crippen LogP contribution in [0, 0.1) is 0 Å². The van der Waals surface area contributed by atoms with E-state index in [2.05, 4.69) is 0 Å². The summed E-state index contributed by atoms with van der Waals surface area (Å²) in [5.41, 5.74) is 0. The first-order valence-electron chi connectivity index (χ1n) is 12.9. The van der Waals surface area contributed by atoms with E-state index >= 15 is 0 Å². The number of ether oxygens (including phenoxy) is 3. The van der Waals surface area contributed by atoms with Gasteiger partial charge in [0.25, 0.3) is 0 Å². The second kappa shape index (κ2) is 25.8. The van der Waals surface area contributed by atoms with Crippen LogP contribution in [-0.2, 0) is 43.0 Å². The van der Waals surface area contributed by atoms with Crippen molar-refractivity contribution in [3.63, 3.8) is 0 Å². The van der Waals surface area contributed by atoms with Gasteiger partial charge in [0, 0.05) is 56.4 Å². The largest absolute Gasteiger partial charge is 3.00 e. The Morgan fingerprint density at radius 2 is 0.625 bits per heavy atom. The Hall–Kier alpha value is -2.17. The first kappa shape index (κ1) is 44.8. The van der Waals surface area contributed by atoms with Gasteiger partial charge in [0.15, 0.2) is 0 Å². The first-order valence-corrected chi connectivity index (χ1v) is 12.9. The molecule has 0 aliphatic carbocycles. The summed E-state index contributed by atoms with van der Waals surface area (Å²) in [4.78, 5) is 63.0. The minimum atomic E-state index is -1.33. The number of carboxylic acid groups (broad SMARTS) is 3. The minimum Gasteiger partial charge on any atom is -0.550 e. The summed E-state index contributed by atoms with van der Waals surface area (Å²) >= 11 is 0.